The largest absolute Gasteiger partial charge is 0.368 e. The normalized spacial score (nSPS) is 22.6. The second kappa shape index (κ2) is 2.13. The first kappa shape index (κ1) is 5.99. The van der Waals surface area contributed by atoms with Crippen LogP contribution in [0.2, 0.25) is 0 Å². The Labute approximate surface area is 61.4 Å². The van der Waals surface area contributed by atoms with Gasteiger partial charge in [-0.15, -0.1) is 0 Å². The lowest BCUT2D eigenvalue weighted by molar-refractivity contribution is 0.415. The minimum Gasteiger partial charge on any atom is -0.368 e. The van der Waals surface area contributed by atoms with Crippen molar-refractivity contribution < 1.29 is 4.74 Å². The van der Waals surface area contributed by atoms with E-state index in [4.69, 9.17) is 4.74 Å². The monoisotopic (exact) mass is 132 g/mol. The maximum Gasteiger partial charge on any atom is 0.139 e. The molecule has 1 aliphatic heterocycles. The molecular formula is C8H9BO. The quantitative estimate of drug-likeness (QED) is 0.387. The highest BCUT2D eigenvalue weighted by atomic mass is 16.6. The molecule has 0 radical (unpaired) electrons. The summed E-state index contributed by atoms with van der Waals surface area (Å²) in [6, 6.07) is 8.51. The number of ether oxygens (including phenoxy) is 1. The van der Waals surface area contributed by atoms with E-state index < -0.39 is 0 Å². The molecule has 1 atom stereocenters. The Morgan fingerprint density at radius 1 is 1.30 bits per heavy atom. The Morgan fingerprint density at radius 3 is 2.40 bits per heavy atom. The lowest BCUT2D eigenvalue weighted by Crippen LogP contribution is -1.99. The summed E-state index contributed by atoms with van der Waals surface area (Å²) in [4.78, 5) is 0. The van der Waals surface area contributed by atoms with Gasteiger partial charge in [0.1, 0.15) is 14.0 Å². The maximum atomic E-state index is 5.13. The van der Waals surface area contributed by atoms with Gasteiger partial charge in [0.25, 0.3) is 0 Å². The molecule has 2 heteroatoms. The Hall–Kier alpha value is -0.755. The molecule has 1 heterocycles. The molecule has 0 spiro atoms. The Bertz CT molecular complexity index is 226. The van der Waals surface area contributed by atoms with Crippen LogP contribution in [-0.2, 0) is 4.74 Å². The van der Waals surface area contributed by atoms with Crippen molar-refractivity contribution in [1.82, 2.24) is 0 Å². The fraction of sp³-hybridized carbons (Fsp3) is 0.250. The van der Waals surface area contributed by atoms with Crippen molar-refractivity contribution in [2.24, 2.45) is 0 Å². The molecule has 1 aromatic carbocycles. The first-order chi connectivity index (χ1) is 4.86. The predicted molar refractivity (Wildman–Crippen MR) is 43.3 cm³/mol. The van der Waals surface area contributed by atoms with Crippen LogP contribution in [0.15, 0.2) is 24.3 Å². The Morgan fingerprint density at radius 2 is 1.90 bits per heavy atom. The highest BCUT2D eigenvalue weighted by Gasteiger charge is 2.23. The van der Waals surface area contributed by atoms with Crippen molar-refractivity contribution in [3.05, 3.63) is 29.8 Å². The van der Waals surface area contributed by atoms with Gasteiger partial charge in [-0.2, -0.15) is 0 Å². The summed E-state index contributed by atoms with van der Waals surface area (Å²) in [5.41, 5.74) is 2.62. The van der Waals surface area contributed by atoms with Gasteiger partial charge in [-0.25, -0.2) is 0 Å². The van der Waals surface area contributed by atoms with Gasteiger partial charge < -0.3 is 4.74 Å². The molecule has 1 fully saturated rings. The van der Waals surface area contributed by atoms with Gasteiger partial charge in [-0.3, -0.25) is 0 Å². The number of benzene rings is 1. The van der Waals surface area contributed by atoms with Gasteiger partial charge in [-0.05, 0) is 5.56 Å². The topological polar surface area (TPSA) is 12.5 Å². The number of epoxide rings is 1. The van der Waals surface area contributed by atoms with Crippen LogP contribution in [0.25, 0.3) is 0 Å². The van der Waals surface area contributed by atoms with E-state index in [-0.39, 0.29) is 0 Å². The molecule has 1 aromatic rings. The van der Waals surface area contributed by atoms with Gasteiger partial charge in [0.15, 0.2) is 0 Å². The molecule has 0 saturated carbocycles. The highest BCUT2D eigenvalue weighted by Crippen LogP contribution is 2.28. The molecule has 0 amide bonds. The SMILES string of the molecule is Bc1ccc(C2CO2)cc1. The third kappa shape index (κ3) is 1.07. The van der Waals surface area contributed by atoms with Gasteiger partial charge in [0.05, 0.1) is 6.61 Å². The number of hydrogen-bond acceptors (Lipinski definition) is 1. The molecule has 1 nitrogen and oxygen atoms in total. The average Bonchev–Trinajstić information content (AvgIpc) is 2.71. The Kier molecular flexibility index (Phi) is 1.28. The molecule has 2 rings (SSSR count). The Balaban J connectivity index is 2.28. The van der Waals surface area contributed by atoms with Crippen LogP contribution in [0.3, 0.4) is 0 Å². The van der Waals surface area contributed by atoms with Crippen LogP contribution >= 0.6 is 0 Å². The second-order valence-corrected chi connectivity index (χ2v) is 2.73. The predicted octanol–water partition coefficient (Wildman–Crippen LogP) is 0.0163. The molecule has 1 aliphatic rings. The minimum atomic E-state index is 0.403. The van der Waals surface area contributed by atoms with Crippen molar-refractivity contribution in [3.63, 3.8) is 0 Å². The van der Waals surface area contributed by atoms with E-state index in [0.717, 1.165) is 6.61 Å². The maximum absolute atomic E-state index is 5.13. The summed E-state index contributed by atoms with van der Waals surface area (Å²) in [5, 5.41) is 0. The standard InChI is InChI=1S/C8H9BO/c9-7-3-1-6(2-4-7)8-5-10-8/h1-4,8H,5,9H2. The van der Waals surface area contributed by atoms with E-state index >= 15 is 0 Å². The van der Waals surface area contributed by atoms with Crippen LogP contribution in [0.5, 0.6) is 0 Å². The van der Waals surface area contributed by atoms with Gasteiger partial charge in [0, 0.05) is 0 Å². The zero-order valence-electron chi connectivity index (χ0n) is 6.00. The minimum absolute atomic E-state index is 0.403. The zero-order valence-corrected chi connectivity index (χ0v) is 6.00. The fourth-order valence-electron chi connectivity index (χ4n) is 1.02. The van der Waals surface area contributed by atoms with Crippen LogP contribution < -0.4 is 5.46 Å². The molecule has 0 N–H and O–H groups in total. The summed E-state index contributed by atoms with van der Waals surface area (Å²) in [7, 11) is 2.09. The molecule has 0 bridgehead atoms. The van der Waals surface area contributed by atoms with Crippen LogP contribution in [0.1, 0.15) is 11.7 Å². The summed E-state index contributed by atoms with van der Waals surface area (Å²) in [6.07, 6.45) is 0.403. The molecule has 1 unspecified atom stereocenters. The highest BCUT2D eigenvalue weighted by molar-refractivity contribution is 6.32. The van der Waals surface area contributed by atoms with Crippen molar-refractivity contribution in [3.8, 4) is 0 Å². The third-order valence-corrected chi connectivity index (χ3v) is 1.78. The molecular weight excluding hydrogens is 123 g/mol. The van der Waals surface area contributed by atoms with Crippen LogP contribution in [0.4, 0.5) is 0 Å². The lowest BCUT2D eigenvalue weighted by Gasteiger charge is -1.94. The first-order valence-corrected chi connectivity index (χ1v) is 3.54. The molecule has 0 aliphatic carbocycles. The third-order valence-electron chi connectivity index (χ3n) is 1.78. The second-order valence-electron chi connectivity index (χ2n) is 2.73. The van der Waals surface area contributed by atoms with Crippen LogP contribution in [-0.4, -0.2) is 14.5 Å². The van der Waals surface area contributed by atoms with Crippen molar-refractivity contribution >= 4 is 13.3 Å². The summed E-state index contributed by atoms with van der Waals surface area (Å²) in [5.74, 6) is 0. The summed E-state index contributed by atoms with van der Waals surface area (Å²) in [6.45, 7) is 0.906. The van der Waals surface area contributed by atoms with E-state index in [1.165, 1.54) is 11.0 Å². The van der Waals surface area contributed by atoms with Crippen molar-refractivity contribution in [2.45, 2.75) is 6.10 Å². The summed E-state index contributed by atoms with van der Waals surface area (Å²) >= 11 is 0. The van der Waals surface area contributed by atoms with E-state index in [1.54, 1.807) is 0 Å². The lowest BCUT2D eigenvalue weighted by atomic mass is 9.95. The van der Waals surface area contributed by atoms with Crippen LogP contribution in [0, 0.1) is 0 Å². The first-order valence-electron chi connectivity index (χ1n) is 3.54. The molecule has 1 saturated heterocycles. The fourth-order valence-corrected chi connectivity index (χ4v) is 1.02. The van der Waals surface area contributed by atoms with E-state index in [1.807, 2.05) is 0 Å². The molecule has 0 aromatic heterocycles. The summed E-state index contributed by atoms with van der Waals surface area (Å²) < 4.78 is 5.13. The zero-order chi connectivity index (χ0) is 6.97. The van der Waals surface area contributed by atoms with E-state index in [0.29, 0.717) is 6.10 Å². The van der Waals surface area contributed by atoms with E-state index in [9.17, 15) is 0 Å². The average molecular weight is 132 g/mol. The molecule has 50 valence electrons. The van der Waals surface area contributed by atoms with Crippen molar-refractivity contribution in [2.75, 3.05) is 6.61 Å². The smallest absolute Gasteiger partial charge is 0.139 e. The number of hydrogen-bond donors (Lipinski definition) is 0. The molecule has 10 heavy (non-hydrogen) atoms. The van der Waals surface area contributed by atoms with Gasteiger partial charge >= 0.3 is 0 Å². The number of rotatable bonds is 1. The van der Waals surface area contributed by atoms with Gasteiger partial charge in [-0.1, -0.05) is 29.7 Å². The van der Waals surface area contributed by atoms with Crippen molar-refractivity contribution in [1.29, 1.82) is 0 Å². The van der Waals surface area contributed by atoms with Gasteiger partial charge in [0.2, 0.25) is 0 Å². The van der Waals surface area contributed by atoms with E-state index in [2.05, 4.69) is 32.1 Å².